The van der Waals surface area contributed by atoms with Gasteiger partial charge in [0.15, 0.2) is 0 Å². The zero-order valence-corrected chi connectivity index (χ0v) is 18.0. The third kappa shape index (κ3) is 6.75. The lowest BCUT2D eigenvalue weighted by molar-refractivity contribution is 0.256. The van der Waals surface area contributed by atoms with Crippen LogP contribution in [0.1, 0.15) is 29.5 Å². The SMILES string of the molecule is Cc1ccc(CC(=NCC(C)c2ccccc2)NC(=O)Nc2cccc(Cl)c2)cc1. The van der Waals surface area contributed by atoms with Gasteiger partial charge in [0.25, 0.3) is 0 Å². The van der Waals surface area contributed by atoms with Crippen LogP contribution in [-0.4, -0.2) is 18.4 Å². The van der Waals surface area contributed by atoms with E-state index >= 15 is 0 Å². The van der Waals surface area contributed by atoms with Crippen LogP contribution in [0, 0.1) is 6.92 Å². The molecule has 0 fully saturated rings. The van der Waals surface area contributed by atoms with Crippen LogP contribution in [0.4, 0.5) is 10.5 Å². The predicted molar refractivity (Wildman–Crippen MR) is 126 cm³/mol. The molecule has 2 N–H and O–H groups in total. The first kappa shape index (κ1) is 21.6. The van der Waals surface area contributed by atoms with Crippen LogP contribution < -0.4 is 10.6 Å². The van der Waals surface area contributed by atoms with Crippen molar-refractivity contribution in [1.82, 2.24) is 5.32 Å². The van der Waals surface area contributed by atoms with Gasteiger partial charge < -0.3 is 5.32 Å². The average molecular weight is 420 g/mol. The molecule has 0 radical (unpaired) electrons. The minimum absolute atomic E-state index is 0.247. The van der Waals surface area contributed by atoms with Crippen molar-refractivity contribution in [1.29, 1.82) is 0 Å². The summed E-state index contributed by atoms with van der Waals surface area (Å²) in [5.41, 5.74) is 4.14. The van der Waals surface area contributed by atoms with Gasteiger partial charge in [0.05, 0.1) is 0 Å². The van der Waals surface area contributed by atoms with Gasteiger partial charge >= 0.3 is 6.03 Å². The molecule has 4 nitrogen and oxygen atoms in total. The van der Waals surface area contributed by atoms with E-state index in [1.807, 2.05) is 18.2 Å². The lowest BCUT2D eigenvalue weighted by atomic mass is 10.0. The summed E-state index contributed by atoms with van der Waals surface area (Å²) in [6, 6.07) is 25.2. The Morgan fingerprint density at radius 3 is 2.43 bits per heavy atom. The van der Waals surface area contributed by atoms with Gasteiger partial charge in [0.2, 0.25) is 0 Å². The molecule has 3 aromatic rings. The van der Waals surface area contributed by atoms with E-state index in [1.165, 1.54) is 11.1 Å². The Hall–Kier alpha value is -3.11. The van der Waals surface area contributed by atoms with Gasteiger partial charge in [-0.3, -0.25) is 10.3 Å². The normalized spacial score (nSPS) is 12.3. The Balaban J connectivity index is 1.72. The Bertz CT molecular complexity index is 1000. The molecule has 2 amide bonds. The predicted octanol–water partition coefficient (Wildman–Crippen LogP) is 6.21. The first-order chi connectivity index (χ1) is 14.5. The molecule has 3 rings (SSSR count). The van der Waals surface area contributed by atoms with Gasteiger partial charge in [-0.25, -0.2) is 4.79 Å². The number of anilines is 1. The number of benzene rings is 3. The summed E-state index contributed by atoms with van der Waals surface area (Å²) in [6.07, 6.45) is 0.546. The first-order valence-corrected chi connectivity index (χ1v) is 10.3. The molecule has 0 aliphatic carbocycles. The molecule has 0 saturated heterocycles. The van der Waals surface area contributed by atoms with Crippen LogP contribution in [0.2, 0.25) is 5.02 Å². The molecule has 0 spiro atoms. The molecule has 0 aliphatic heterocycles. The molecular formula is C25H26ClN3O. The Morgan fingerprint density at radius 1 is 1.00 bits per heavy atom. The molecule has 154 valence electrons. The molecule has 5 heteroatoms. The van der Waals surface area contributed by atoms with E-state index in [1.54, 1.807) is 24.3 Å². The van der Waals surface area contributed by atoms with E-state index in [-0.39, 0.29) is 11.9 Å². The molecule has 0 heterocycles. The molecule has 1 atom stereocenters. The maximum absolute atomic E-state index is 12.5. The van der Waals surface area contributed by atoms with Crippen molar-refractivity contribution >= 4 is 29.2 Å². The first-order valence-electron chi connectivity index (χ1n) is 9.97. The van der Waals surface area contributed by atoms with Crippen molar-refractivity contribution in [2.75, 3.05) is 11.9 Å². The van der Waals surface area contributed by atoms with Crippen molar-refractivity contribution in [3.8, 4) is 0 Å². The molecule has 0 aromatic heterocycles. The fourth-order valence-electron chi connectivity index (χ4n) is 3.03. The second kappa shape index (κ2) is 10.6. The van der Waals surface area contributed by atoms with E-state index in [4.69, 9.17) is 16.6 Å². The summed E-state index contributed by atoms with van der Waals surface area (Å²) < 4.78 is 0. The van der Waals surface area contributed by atoms with Gasteiger partial charge in [-0.05, 0) is 36.2 Å². The van der Waals surface area contributed by atoms with Crippen LogP contribution in [-0.2, 0) is 6.42 Å². The number of hydrogen-bond acceptors (Lipinski definition) is 2. The van der Waals surface area contributed by atoms with E-state index in [9.17, 15) is 4.79 Å². The quantitative estimate of drug-likeness (QED) is 0.362. The highest BCUT2D eigenvalue weighted by Gasteiger charge is 2.10. The fraction of sp³-hybridized carbons (Fsp3) is 0.200. The standard InChI is InChI=1S/C25H26ClN3O/c1-18-11-13-20(14-12-18)15-24(27-17-19(2)21-7-4-3-5-8-21)29-25(30)28-23-10-6-9-22(26)16-23/h3-14,16,19H,15,17H2,1-2H3,(H2,27,28,29,30). The lowest BCUT2D eigenvalue weighted by Gasteiger charge is -2.14. The third-order valence-corrected chi connectivity index (χ3v) is 4.99. The number of halogens is 1. The maximum Gasteiger partial charge on any atom is 0.324 e. The molecule has 3 aromatic carbocycles. The summed E-state index contributed by atoms with van der Waals surface area (Å²) in [6.45, 7) is 4.77. The number of rotatable bonds is 6. The highest BCUT2D eigenvalue weighted by Crippen LogP contribution is 2.16. The Kier molecular flexibility index (Phi) is 7.63. The minimum Gasteiger partial charge on any atom is -0.308 e. The number of aryl methyl sites for hydroxylation is 1. The number of nitrogens with one attached hydrogen (secondary N) is 2. The summed E-state index contributed by atoms with van der Waals surface area (Å²) in [5, 5.41) is 6.29. The van der Waals surface area contributed by atoms with Gasteiger partial charge in [0, 0.05) is 29.6 Å². The van der Waals surface area contributed by atoms with E-state index in [0.717, 1.165) is 5.56 Å². The number of nitrogens with zero attached hydrogens (tertiary/aromatic N) is 1. The van der Waals surface area contributed by atoms with Crippen molar-refractivity contribution in [2.24, 2.45) is 4.99 Å². The summed E-state index contributed by atoms with van der Waals surface area (Å²) in [5.74, 6) is 0.873. The molecule has 0 aliphatic rings. The molecular weight excluding hydrogens is 394 g/mol. The summed E-state index contributed by atoms with van der Waals surface area (Å²) in [7, 11) is 0. The monoisotopic (exact) mass is 419 g/mol. The van der Waals surface area contributed by atoms with Gasteiger partial charge in [-0.1, -0.05) is 84.8 Å². The van der Waals surface area contributed by atoms with Gasteiger partial charge in [-0.2, -0.15) is 0 Å². The van der Waals surface area contributed by atoms with E-state index in [0.29, 0.717) is 29.5 Å². The molecule has 0 bridgehead atoms. The number of carbonyl (C=O) groups excluding carboxylic acids is 1. The lowest BCUT2D eigenvalue weighted by Crippen LogP contribution is -2.36. The zero-order chi connectivity index (χ0) is 21.3. The van der Waals surface area contributed by atoms with E-state index < -0.39 is 0 Å². The second-order valence-corrected chi connectivity index (χ2v) is 7.79. The highest BCUT2D eigenvalue weighted by molar-refractivity contribution is 6.30. The van der Waals surface area contributed by atoms with Crippen molar-refractivity contribution in [3.05, 3.63) is 101 Å². The Morgan fingerprint density at radius 2 is 1.73 bits per heavy atom. The van der Waals surface area contributed by atoms with Crippen LogP contribution in [0.25, 0.3) is 0 Å². The topological polar surface area (TPSA) is 53.5 Å². The largest absolute Gasteiger partial charge is 0.324 e. The molecule has 1 unspecified atom stereocenters. The maximum atomic E-state index is 12.5. The number of amides is 2. The second-order valence-electron chi connectivity index (χ2n) is 7.35. The molecule has 0 saturated carbocycles. The summed E-state index contributed by atoms with van der Waals surface area (Å²) >= 11 is 6.00. The average Bonchev–Trinajstić information content (AvgIpc) is 2.74. The number of carbonyl (C=O) groups is 1. The third-order valence-electron chi connectivity index (χ3n) is 4.76. The van der Waals surface area contributed by atoms with Gasteiger partial charge in [-0.15, -0.1) is 0 Å². The van der Waals surface area contributed by atoms with Crippen molar-refractivity contribution < 1.29 is 4.79 Å². The fourth-order valence-corrected chi connectivity index (χ4v) is 3.22. The van der Waals surface area contributed by atoms with Crippen molar-refractivity contribution in [3.63, 3.8) is 0 Å². The summed E-state index contributed by atoms with van der Waals surface area (Å²) in [4.78, 5) is 17.3. The van der Waals surface area contributed by atoms with Crippen LogP contribution in [0.5, 0.6) is 0 Å². The van der Waals surface area contributed by atoms with Crippen LogP contribution in [0.15, 0.2) is 83.9 Å². The Labute approximate surface area is 183 Å². The van der Waals surface area contributed by atoms with Gasteiger partial charge in [0.1, 0.15) is 5.84 Å². The van der Waals surface area contributed by atoms with E-state index in [2.05, 4.69) is 60.9 Å². The number of hydrogen-bond donors (Lipinski definition) is 2. The highest BCUT2D eigenvalue weighted by atomic mass is 35.5. The van der Waals surface area contributed by atoms with Crippen LogP contribution in [0.3, 0.4) is 0 Å². The molecule has 30 heavy (non-hydrogen) atoms. The smallest absolute Gasteiger partial charge is 0.308 e. The van der Waals surface area contributed by atoms with Crippen molar-refractivity contribution in [2.45, 2.75) is 26.2 Å². The number of aliphatic imine (C=N–C) groups is 1. The zero-order valence-electron chi connectivity index (χ0n) is 17.2. The van der Waals surface area contributed by atoms with Crippen LogP contribution >= 0.6 is 11.6 Å². The minimum atomic E-state index is -0.338. The number of amidine groups is 1. The number of urea groups is 1.